The smallest absolute Gasteiger partial charge is 0.165 e. The van der Waals surface area contributed by atoms with Gasteiger partial charge in [0.15, 0.2) is 11.6 Å². The second-order valence-corrected chi connectivity index (χ2v) is 6.14. The number of anilines is 1. The first kappa shape index (κ1) is 16.7. The number of nitrogen functional groups attached to an aromatic ring is 1. The summed E-state index contributed by atoms with van der Waals surface area (Å²) in [6.07, 6.45) is 4.91. The fourth-order valence-corrected chi connectivity index (χ4v) is 2.83. The summed E-state index contributed by atoms with van der Waals surface area (Å²) >= 11 is 0. The molecule has 7 heteroatoms. The largest absolute Gasteiger partial charge is 0.504 e. The number of nitrogens with one attached hydrogen (secondary N) is 1. The number of H-pyrrole nitrogens is 1. The van der Waals surface area contributed by atoms with E-state index >= 15 is 0 Å². The molecule has 0 atom stereocenters. The molecule has 0 aliphatic heterocycles. The first-order chi connectivity index (χ1) is 13.0. The highest BCUT2D eigenvalue weighted by Crippen LogP contribution is 2.34. The van der Waals surface area contributed by atoms with Crippen LogP contribution in [0.25, 0.3) is 33.9 Å². The summed E-state index contributed by atoms with van der Waals surface area (Å²) in [5, 5.41) is 9.94. The zero-order chi connectivity index (χ0) is 19.0. The van der Waals surface area contributed by atoms with Crippen molar-refractivity contribution in [2.75, 3.05) is 5.73 Å². The van der Waals surface area contributed by atoms with E-state index < -0.39 is 0 Å². The number of aromatic amines is 1. The molecule has 0 amide bonds. The molecule has 4 N–H and O–H groups in total. The highest BCUT2D eigenvalue weighted by Gasteiger charge is 2.17. The molecule has 0 saturated heterocycles. The molecule has 0 aliphatic rings. The van der Waals surface area contributed by atoms with Gasteiger partial charge in [-0.1, -0.05) is 0 Å². The highest BCUT2D eigenvalue weighted by atomic mass is 19.1. The summed E-state index contributed by atoms with van der Waals surface area (Å²) in [4.78, 5) is 16.0. The number of hydrogen-bond donors (Lipinski definition) is 3. The Morgan fingerprint density at radius 2 is 1.81 bits per heavy atom. The Kier molecular flexibility index (Phi) is 4.04. The van der Waals surface area contributed by atoms with Crippen molar-refractivity contribution in [2.45, 2.75) is 6.92 Å². The quantitative estimate of drug-likeness (QED) is 0.513. The molecule has 0 fully saturated rings. The van der Waals surface area contributed by atoms with Crippen LogP contribution >= 0.6 is 0 Å². The number of imidazole rings is 1. The van der Waals surface area contributed by atoms with Crippen LogP contribution in [-0.2, 0) is 0 Å². The summed E-state index contributed by atoms with van der Waals surface area (Å²) in [6, 6.07) is 10.0. The number of nitrogens with two attached hydrogens (primary N) is 1. The summed E-state index contributed by atoms with van der Waals surface area (Å²) in [6.45, 7) is 1.70. The summed E-state index contributed by atoms with van der Waals surface area (Å²) < 4.78 is 13.6. The Balaban J connectivity index is 1.92. The number of aromatic nitrogens is 4. The van der Waals surface area contributed by atoms with Crippen molar-refractivity contribution in [1.29, 1.82) is 0 Å². The van der Waals surface area contributed by atoms with E-state index in [1.807, 2.05) is 12.1 Å². The first-order valence-electron chi connectivity index (χ1n) is 8.24. The van der Waals surface area contributed by atoms with Crippen LogP contribution in [0.2, 0.25) is 0 Å². The summed E-state index contributed by atoms with van der Waals surface area (Å²) in [5.41, 5.74) is 9.70. The molecule has 4 aromatic rings. The van der Waals surface area contributed by atoms with E-state index in [9.17, 15) is 9.50 Å². The predicted molar refractivity (Wildman–Crippen MR) is 101 cm³/mol. The van der Waals surface area contributed by atoms with Crippen LogP contribution in [0.5, 0.6) is 5.75 Å². The van der Waals surface area contributed by atoms with Crippen LogP contribution in [0.3, 0.4) is 0 Å². The van der Waals surface area contributed by atoms with Gasteiger partial charge < -0.3 is 15.8 Å². The Morgan fingerprint density at radius 3 is 2.52 bits per heavy atom. The van der Waals surface area contributed by atoms with E-state index in [0.29, 0.717) is 22.6 Å². The molecule has 4 rings (SSSR count). The lowest BCUT2D eigenvalue weighted by Crippen LogP contribution is -1.92. The normalized spacial score (nSPS) is 10.9. The minimum absolute atomic E-state index is 0.0501. The Labute approximate surface area is 154 Å². The van der Waals surface area contributed by atoms with Gasteiger partial charge >= 0.3 is 0 Å². The SMILES string of the molecule is Cc1cc(-c2nc(-c3cnc(N)c(O)c3)c(-c3ccncc3)[nH]2)ccc1F. The maximum Gasteiger partial charge on any atom is 0.165 e. The number of halogens is 1. The average molecular weight is 361 g/mol. The van der Waals surface area contributed by atoms with E-state index in [1.54, 1.807) is 37.6 Å². The van der Waals surface area contributed by atoms with E-state index in [0.717, 1.165) is 16.8 Å². The topological polar surface area (TPSA) is 101 Å². The van der Waals surface area contributed by atoms with Crippen molar-refractivity contribution < 1.29 is 9.50 Å². The minimum atomic E-state index is -0.271. The van der Waals surface area contributed by atoms with Crippen molar-refractivity contribution >= 4 is 5.82 Å². The number of rotatable bonds is 3. The third-order valence-corrected chi connectivity index (χ3v) is 4.27. The number of aryl methyl sites for hydroxylation is 1. The molecule has 1 aromatic carbocycles. The predicted octanol–water partition coefficient (Wildman–Crippen LogP) is 3.94. The molecule has 0 spiro atoms. The number of pyridine rings is 2. The van der Waals surface area contributed by atoms with Crippen molar-refractivity contribution in [3.05, 3.63) is 66.4 Å². The molecular formula is C20H16FN5O. The molecule has 3 aromatic heterocycles. The zero-order valence-corrected chi connectivity index (χ0v) is 14.4. The minimum Gasteiger partial charge on any atom is -0.504 e. The Morgan fingerprint density at radius 1 is 1.04 bits per heavy atom. The van der Waals surface area contributed by atoms with Gasteiger partial charge in [-0.25, -0.2) is 14.4 Å². The van der Waals surface area contributed by atoms with E-state index in [2.05, 4.69) is 19.9 Å². The lowest BCUT2D eigenvalue weighted by Gasteiger charge is -2.04. The maximum absolute atomic E-state index is 13.6. The van der Waals surface area contributed by atoms with Gasteiger partial charge in [0.2, 0.25) is 0 Å². The van der Waals surface area contributed by atoms with Gasteiger partial charge in [0.1, 0.15) is 11.6 Å². The molecule has 3 heterocycles. The van der Waals surface area contributed by atoms with E-state index in [1.165, 1.54) is 12.1 Å². The van der Waals surface area contributed by atoms with Gasteiger partial charge in [-0.15, -0.1) is 0 Å². The number of aromatic hydroxyl groups is 1. The maximum atomic E-state index is 13.6. The second-order valence-electron chi connectivity index (χ2n) is 6.14. The van der Waals surface area contributed by atoms with Gasteiger partial charge in [0, 0.05) is 35.3 Å². The lowest BCUT2D eigenvalue weighted by molar-refractivity contribution is 0.476. The van der Waals surface area contributed by atoms with Crippen molar-refractivity contribution in [3.8, 4) is 39.7 Å². The van der Waals surface area contributed by atoms with Gasteiger partial charge in [-0.2, -0.15) is 0 Å². The molecule has 134 valence electrons. The van der Waals surface area contributed by atoms with Crippen LogP contribution in [0, 0.1) is 12.7 Å². The second kappa shape index (κ2) is 6.53. The van der Waals surface area contributed by atoms with E-state index in [-0.39, 0.29) is 17.4 Å². The van der Waals surface area contributed by atoms with Gasteiger partial charge in [0.25, 0.3) is 0 Å². The summed E-state index contributed by atoms with van der Waals surface area (Å²) in [5.74, 6) is 0.244. The third kappa shape index (κ3) is 3.10. The van der Waals surface area contributed by atoms with Crippen LogP contribution in [0.15, 0.2) is 55.0 Å². The standard InChI is InChI=1S/C20H16FN5O/c1-11-8-13(2-3-15(11)21)20-25-17(12-4-6-23-7-5-12)18(26-20)14-9-16(27)19(22)24-10-14/h2-10,27H,1H3,(H2,22,24)(H,25,26). The molecule has 0 aliphatic carbocycles. The molecule has 0 radical (unpaired) electrons. The molecule has 27 heavy (non-hydrogen) atoms. The molecular weight excluding hydrogens is 345 g/mol. The third-order valence-electron chi connectivity index (χ3n) is 4.27. The van der Waals surface area contributed by atoms with Gasteiger partial charge in [0.05, 0.1) is 11.4 Å². The van der Waals surface area contributed by atoms with Gasteiger partial charge in [-0.3, -0.25) is 4.98 Å². The van der Waals surface area contributed by atoms with Crippen LogP contribution in [0.4, 0.5) is 10.2 Å². The lowest BCUT2D eigenvalue weighted by atomic mass is 10.1. The summed E-state index contributed by atoms with van der Waals surface area (Å²) in [7, 11) is 0. The first-order valence-corrected chi connectivity index (χ1v) is 8.24. The zero-order valence-electron chi connectivity index (χ0n) is 14.4. The van der Waals surface area contributed by atoms with Gasteiger partial charge in [-0.05, 0) is 48.9 Å². The number of nitrogens with zero attached hydrogens (tertiary/aromatic N) is 3. The highest BCUT2D eigenvalue weighted by molar-refractivity contribution is 5.81. The molecule has 0 saturated carbocycles. The van der Waals surface area contributed by atoms with Crippen molar-refractivity contribution in [1.82, 2.24) is 19.9 Å². The molecule has 6 nitrogen and oxygen atoms in total. The van der Waals surface area contributed by atoms with Crippen LogP contribution in [0.1, 0.15) is 5.56 Å². The van der Waals surface area contributed by atoms with E-state index in [4.69, 9.17) is 5.73 Å². The van der Waals surface area contributed by atoms with Crippen LogP contribution < -0.4 is 5.73 Å². The Bertz CT molecular complexity index is 1120. The average Bonchev–Trinajstić information content (AvgIpc) is 3.12. The molecule has 0 bridgehead atoms. The van der Waals surface area contributed by atoms with Crippen molar-refractivity contribution in [2.24, 2.45) is 0 Å². The number of benzene rings is 1. The fraction of sp³-hybridized carbons (Fsp3) is 0.0500. The fourth-order valence-electron chi connectivity index (χ4n) is 2.83. The van der Waals surface area contributed by atoms with Crippen molar-refractivity contribution in [3.63, 3.8) is 0 Å². The molecule has 0 unspecified atom stereocenters. The monoisotopic (exact) mass is 361 g/mol. The Hall–Kier alpha value is -3.74. The van der Waals surface area contributed by atoms with Crippen LogP contribution in [-0.4, -0.2) is 25.0 Å². The number of hydrogen-bond acceptors (Lipinski definition) is 5.